The van der Waals surface area contributed by atoms with Gasteiger partial charge in [-0.1, -0.05) is 17.3 Å². The average molecular weight is 407 g/mol. The highest BCUT2D eigenvalue weighted by molar-refractivity contribution is 6.39. The molecule has 156 valence electrons. The van der Waals surface area contributed by atoms with E-state index in [-0.39, 0.29) is 11.9 Å². The Bertz CT molecular complexity index is 962. The van der Waals surface area contributed by atoms with Crippen LogP contribution in [0.2, 0.25) is 0 Å². The number of benzene rings is 1. The smallest absolute Gasteiger partial charge is 0.321 e. The second-order valence-electron chi connectivity index (χ2n) is 7.85. The van der Waals surface area contributed by atoms with Gasteiger partial charge in [-0.05, 0) is 55.2 Å². The van der Waals surface area contributed by atoms with E-state index in [2.05, 4.69) is 20.8 Å². The van der Waals surface area contributed by atoms with Gasteiger partial charge in [-0.25, -0.2) is 4.79 Å². The topological polar surface area (TPSA) is 95.9 Å². The van der Waals surface area contributed by atoms with Crippen LogP contribution >= 0.6 is 0 Å². The molecule has 30 heavy (non-hydrogen) atoms. The summed E-state index contributed by atoms with van der Waals surface area (Å²) in [5.41, 5.74) is 2.54. The van der Waals surface area contributed by atoms with Crippen molar-refractivity contribution in [1.82, 2.24) is 15.2 Å². The number of piperidine rings is 1. The van der Waals surface area contributed by atoms with Crippen LogP contribution in [0.1, 0.15) is 30.4 Å². The van der Waals surface area contributed by atoms with Crippen molar-refractivity contribution in [1.29, 1.82) is 0 Å². The van der Waals surface area contributed by atoms with Gasteiger partial charge in [0, 0.05) is 37.6 Å². The first kappa shape index (κ1) is 19.9. The molecule has 2 aromatic rings. The molecule has 0 radical (unpaired) electrons. The first-order chi connectivity index (χ1) is 14.5. The second kappa shape index (κ2) is 8.52. The van der Waals surface area contributed by atoms with E-state index in [0.29, 0.717) is 31.8 Å². The third kappa shape index (κ3) is 4.59. The minimum atomic E-state index is -0.633. The van der Waals surface area contributed by atoms with Crippen LogP contribution in [-0.2, 0) is 16.2 Å². The second-order valence-corrected chi connectivity index (χ2v) is 7.85. The minimum absolute atomic E-state index is 0.168. The maximum atomic E-state index is 12.7. The number of nitrogens with one attached hydrogen (secondary N) is 2. The standard InChI is InChI=1S/C22H25N5O3/c1-16-4-2-5-18(12-16)25-21(29)27-11-3-8-22(15-27)13-19(26-30-22)20(28)24-14-17-6-9-23-10-7-17/h2,4-7,9-10,12H,3,8,11,13-15H2,1H3,(H,24,28)(H,25,29). The Morgan fingerprint density at radius 3 is 2.87 bits per heavy atom. The highest BCUT2D eigenvalue weighted by Gasteiger charge is 2.45. The van der Waals surface area contributed by atoms with E-state index >= 15 is 0 Å². The summed E-state index contributed by atoms with van der Waals surface area (Å²) < 4.78 is 0. The van der Waals surface area contributed by atoms with Crippen LogP contribution < -0.4 is 10.6 Å². The van der Waals surface area contributed by atoms with Gasteiger partial charge in [0.05, 0.1) is 6.54 Å². The van der Waals surface area contributed by atoms with Gasteiger partial charge in [0.15, 0.2) is 5.60 Å². The van der Waals surface area contributed by atoms with Crippen LogP contribution in [0, 0.1) is 6.92 Å². The predicted molar refractivity (Wildman–Crippen MR) is 113 cm³/mol. The lowest BCUT2D eigenvalue weighted by Gasteiger charge is -2.38. The predicted octanol–water partition coefficient (Wildman–Crippen LogP) is 2.85. The van der Waals surface area contributed by atoms with Gasteiger partial charge in [0.1, 0.15) is 5.71 Å². The molecule has 1 unspecified atom stereocenters. The number of oxime groups is 1. The molecule has 8 heteroatoms. The Labute approximate surface area is 175 Å². The summed E-state index contributed by atoms with van der Waals surface area (Å²) in [5, 5.41) is 9.85. The van der Waals surface area contributed by atoms with Gasteiger partial charge in [-0.15, -0.1) is 0 Å². The summed E-state index contributed by atoms with van der Waals surface area (Å²) >= 11 is 0. The molecule has 2 aliphatic heterocycles. The van der Waals surface area contributed by atoms with Crippen LogP contribution in [0.4, 0.5) is 10.5 Å². The zero-order valence-corrected chi connectivity index (χ0v) is 16.9. The largest absolute Gasteiger partial charge is 0.386 e. The molecule has 1 aromatic heterocycles. The monoisotopic (exact) mass is 407 g/mol. The van der Waals surface area contributed by atoms with Crippen molar-refractivity contribution >= 4 is 23.3 Å². The molecular weight excluding hydrogens is 382 g/mol. The lowest BCUT2D eigenvalue weighted by molar-refractivity contribution is -0.115. The van der Waals surface area contributed by atoms with E-state index in [1.54, 1.807) is 17.3 Å². The Hall–Kier alpha value is -3.42. The molecule has 2 aliphatic rings. The van der Waals surface area contributed by atoms with E-state index in [4.69, 9.17) is 4.84 Å². The number of aromatic nitrogens is 1. The summed E-state index contributed by atoms with van der Waals surface area (Å²) in [7, 11) is 0. The van der Waals surface area contributed by atoms with Crippen LogP contribution in [0.3, 0.4) is 0 Å². The third-order valence-electron chi connectivity index (χ3n) is 5.40. The molecule has 0 bridgehead atoms. The molecule has 3 heterocycles. The van der Waals surface area contributed by atoms with Crippen molar-refractivity contribution in [2.24, 2.45) is 5.16 Å². The maximum absolute atomic E-state index is 12.7. The van der Waals surface area contributed by atoms with Crippen molar-refractivity contribution in [2.45, 2.75) is 38.3 Å². The molecule has 1 spiro atoms. The number of anilines is 1. The van der Waals surface area contributed by atoms with E-state index in [1.807, 2.05) is 43.3 Å². The van der Waals surface area contributed by atoms with Gasteiger partial charge < -0.3 is 20.4 Å². The Balaban J connectivity index is 1.33. The number of amides is 3. The SMILES string of the molecule is Cc1cccc(NC(=O)N2CCCC3(CC(C(=O)NCc4ccncc4)=NO3)C2)c1. The Morgan fingerprint density at radius 1 is 1.23 bits per heavy atom. The van der Waals surface area contributed by atoms with Gasteiger partial charge in [-0.3, -0.25) is 9.78 Å². The van der Waals surface area contributed by atoms with Gasteiger partial charge in [0.2, 0.25) is 0 Å². The molecule has 1 aromatic carbocycles. The number of rotatable bonds is 4. The molecule has 1 fully saturated rings. The number of aryl methyl sites for hydroxylation is 1. The molecular formula is C22H25N5O3. The van der Waals surface area contributed by atoms with Crippen LogP contribution in [0.15, 0.2) is 53.9 Å². The highest BCUT2D eigenvalue weighted by atomic mass is 16.7. The highest BCUT2D eigenvalue weighted by Crippen LogP contribution is 2.33. The summed E-state index contributed by atoms with van der Waals surface area (Å²) in [6, 6.07) is 11.2. The number of urea groups is 1. The zero-order chi connectivity index (χ0) is 21.0. The first-order valence-corrected chi connectivity index (χ1v) is 10.1. The van der Waals surface area contributed by atoms with Crippen molar-refractivity contribution < 1.29 is 14.4 Å². The van der Waals surface area contributed by atoms with Gasteiger partial charge >= 0.3 is 6.03 Å². The molecule has 0 saturated carbocycles. The fourth-order valence-electron chi connectivity index (χ4n) is 3.84. The third-order valence-corrected chi connectivity index (χ3v) is 5.40. The fourth-order valence-corrected chi connectivity index (χ4v) is 3.84. The molecule has 1 saturated heterocycles. The summed E-state index contributed by atoms with van der Waals surface area (Å²) in [5.74, 6) is -0.245. The lowest BCUT2D eigenvalue weighted by Crippen LogP contribution is -2.52. The van der Waals surface area contributed by atoms with Crippen molar-refractivity contribution in [3.05, 3.63) is 59.9 Å². The Morgan fingerprint density at radius 2 is 2.07 bits per heavy atom. The van der Waals surface area contributed by atoms with E-state index in [9.17, 15) is 9.59 Å². The van der Waals surface area contributed by atoms with E-state index < -0.39 is 5.60 Å². The first-order valence-electron chi connectivity index (χ1n) is 10.1. The van der Waals surface area contributed by atoms with Crippen LogP contribution in [-0.4, -0.2) is 46.2 Å². The fraction of sp³-hybridized carbons (Fsp3) is 0.364. The number of pyridine rings is 1. The van der Waals surface area contributed by atoms with Crippen molar-refractivity contribution in [2.75, 3.05) is 18.4 Å². The minimum Gasteiger partial charge on any atom is -0.386 e. The lowest BCUT2D eigenvalue weighted by atomic mass is 9.88. The Kier molecular flexibility index (Phi) is 5.65. The summed E-state index contributed by atoms with van der Waals surface area (Å²) in [6.45, 7) is 3.43. The van der Waals surface area contributed by atoms with Crippen LogP contribution in [0.5, 0.6) is 0 Å². The van der Waals surface area contributed by atoms with Crippen LogP contribution in [0.25, 0.3) is 0 Å². The van der Waals surface area contributed by atoms with E-state index in [1.165, 1.54) is 0 Å². The summed E-state index contributed by atoms with van der Waals surface area (Å²) in [6.07, 6.45) is 5.31. The van der Waals surface area contributed by atoms with Crippen molar-refractivity contribution in [3.8, 4) is 0 Å². The summed E-state index contributed by atoms with van der Waals surface area (Å²) in [4.78, 5) is 36.6. The number of carbonyl (C=O) groups is 2. The molecule has 4 rings (SSSR count). The number of carbonyl (C=O) groups excluding carboxylic acids is 2. The quantitative estimate of drug-likeness (QED) is 0.815. The van der Waals surface area contributed by atoms with Gasteiger partial charge in [0.25, 0.3) is 5.91 Å². The molecule has 3 amide bonds. The van der Waals surface area contributed by atoms with Crippen molar-refractivity contribution in [3.63, 3.8) is 0 Å². The zero-order valence-electron chi connectivity index (χ0n) is 16.9. The number of nitrogens with zero attached hydrogens (tertiary/aromatic N) is 3. The molecule has 2 N–H and O–H groups in total. The average Bonchev–Trinajstić information content (AvgIpc) is 3.16. The molecule has 1 atom stereocenters. The van der Waals surface area contributed by atoms with Gasteiger partial charge in [-0.2, -0.15) is 0 Å². The normalized spacial score (nSPS) is 20.4. The molecule has 8 nitrogen and oxygen atoms in total. The number of likely N-dealkylation sites (tertiary alicyclic amines) is 1. The van der Waals surface area contributed by atoms with E-state index in [0.717, 1.165) is 29.7 Å². The maximum Gasteiger partial charge on any atom is 0.321 e. The number of hydrogen-bond donors (Lipinski definition) is 2. The number of hydrogen-bond acceptors (Lipinski definition) is 5. The molecule has 0 aliphatic carbocycles.